The van der Waals surface area contributed by atoms with Crippen molar-refractivity contribution in [2.24, 2.45) is 16.7 Å². The van der Waals surface area contributed by atoms with E-state index in [1.54, 1.807) is 0 Å². The number of halogens is 2. The van der Waals surface area contributed by atoms with E-state index < -0.39 is 17.2 Å². The summed E-state index contributed by atoms with van der Waals surface area (Å²) in [5, 5.41) is 14.9. The molecule has 10 nitrogen and oxygen atoms in total. The van der Waals surface area contributed by atoms with Crippen LogP contribution in [0.2, 0.25) is 0 Å². The molecule has 0 atom stereocenters. The number of phenols is 1. The molecule has 0 radical (unpaired) electrons. The number of piperidine rings is 1. The molecule has 8 rings (SSSR count). The molecule has 2 aromatic heterocycles. The Labute approximate surface area is 283 Å². The van der Waals surface area contributed by atoms with Crippen LogP contribution >= 0.6 is 0 Å². The molecule has 256 valence electrons. The minimum absolute atomic E-state index is 0.00338. The maximum Gasteiger partial charge on any atom is 0.319 e. The number of nitrogens with one attached hydrogen (secondary N) is 1. The minimum atomic E-state index is -0.798. The van der Waals surface area contributed by atoms with Gasteiger partial charge in [0.25, 0.3) is 5.56 Å². The van der Waals surface area contributed by atoms with Gasteiger partial charge in [-0.1, -0.05) is 12.0 Å². The zero-order valence-electron chi connectivity index (χ0n) is 27.8. The molecule has 1 aliphatic carbocycles. The average molecular weight is 671 g/mol. The lowest BCUT2D eigenvalue weighted by Crippen LogP contribution is -2.58. The van der Waals surface area contributed by atoms with Crippen molar-refractivity contribution in [3.8, 4) is 35.4 Å². The maximum atomic E-state index is 17.5. The van der Waals surface area contributed by atoms with Gasteiger partial charge in [0.1, 0.15) is 28.3 Å². The van der Waals surface area contributed by atoms with Gasteiger partial charge >= 0.3 is 6.01 Å². The van der Waals surface area contributed by atoms with Crippen molar-refractivity contribution < 1.29 is 23.4 Å². The molecular formula is C37H40F2N6O4. The van der Waals surface area contributed by atoms with E-state index in [0.717, 1.165) is 45.3 Å². The molecule has 12 heteroatoms. The van der Waals surface area contributed by atoms with Crippen LogP contribution in [0.25, 0.3) is 32.9 Å². The van der Waals surface area contributed by atoms with Crippen molar-refractivity contribution in [2.45, 2.75) is 32.2 Å². The molecule has 4 aliphatic rings. The van der Waals surface area contributed by atoms with Crippen LogP contribution in [0.4, 0.5) is 14.6 Å². The number of phenolic OH excluding ortho intramolecular Hbond substituents is 1. The van der Waals surface area contributed by atoms with Gasteiger partial charge in [0.15, 0.2) is 5.82 Å². The van der Waals surface area contributed by atoms with E-state index in [1.807, 2.05) is 14.1 Å². The van der Waals surface area contributed by atoms with Gasteiger partial charge in [-0.2, -0.15) is 9.97 Å². The number of aromatic nitrogens is 3. The summed E-state index contributed by atoms with van der Waals surface area (Å²) >= 11 is 0. The first-order valence-corrected chi connectivity index (χ1v) is 17.0. The third-order valence-corrected chi connectivity index (χ3v) is 10.9. The summed E-state index contributed by atoms with van der Waals surface area (Å²) in [5.41, 5.74) is -0.591. The highest BCUT2D eigenvalue weighted by atomic mass is 19.1. The first-order valence-electron chi connectivity index (χ1n) is 17.0. The van der Waals surface area contributed by atoms with Gasteiger partial charge in [-0.3, -0.25) is 4.79 Å². The predicted molar refractivity (Wildman–Crippen MR) is 183 cm³/mol. The van der Waals surface area contributed by atoms with Crippen LogP contribution < -0.4 is 20.5 Å². The molecule has 2 N–H and O–H groups in total. The molecule has 1 saturated carbocycles. The molecule has 5 heterocycles. The van der Waals surface area contributed by atoms with Crippen LogP contribution in [0.15, 0.2) is 29.1 Å². The van der Waals surface area contributed by atoms with E-state index in [1.165, 1.54) is 28.8 Å². The molecule has 2 aromatic carbocycles. The van der Waals surface area contributed by atoms with E-state index in [-0.39, 0.29) is 68.2 Å². The monoisotopic (exact) mass is 670 g/mol. The summed E-state index contributed by atoms with van der Waals surface area (Å²) in [6.07, 6.45) is 9.62. The molecule has 1 spiro atoms. The Morgan fingerprint density at radius 3 is 2.49 bits per heavy atom. The Morgan fingerprint density at radius 2 is 1.88 bits per heavy atom. The van der Waals surface area contributed by atoms with Crippen LogP contribution in [0.5, 0.6) is 11.8 Å². The topological polar surface area (TPSA) is 105 Å². The number of anilines is 1. The number of rotatable bonds is 9. The Morgan fingerprint density at radius 1 is 1.12 bits per heavy atom. The van der Waals surface area contributed by atoms with Gasteiger partial charge in [-0.25, -0.2) is 8.78 Å². The largest absolute Gasteiger partial charge is 0.508 e. The fourth-order valence-electron chi connectivity index (χ4n) is 7.82. The summed E-state index contributed by atoms with van der Waals surface area (Å²) in [6.45, 7) is 5.37. The number of hydrogen-bond acceptors (Lipinski definition) is 9. The highest BCUT2D eigenvalue weighted by molar-refractivity contribution is 6.03. The van der Waals surface area contributed by atoms with Crippen LogP contribution in [0.1, 0.15) is 31.2 Å². The van der Waals surface area contributed by atoms with Gasteiger partial charge in [0, 0.05) is 61.6 Å². The SMILES string of the molecule is C#Cc1c(F)ccc2cc(O)cc(-c3c(F)c4nc(OCC5(CN(C)C)CC5)nc(N5CCC6(CC5)CNC6)c4c(=O)n3CC3COC3)c12. The first-order chi connectivity index (χ1) is 23.6. The summed E-state index contributed by atoms with van der Waals surface area (Å²) in [7, 11) is 4.04. The van der Waals surface area contributed by atoms with Gasteiger partial charge in [0.2, 0.25) is 0 Å². The van der Waals surface area contributed by atoms with Gasteiger partial charge in [0.05, 0.1) is 31.1 Å². The van der Waals surface area contributed by atoms with Crippen molar-refractivity contribution in [3.05, 3.63) is 51.8 Å². The smallest absolute Gasteiger partial charge is 0.319 e. The van der Waals surface area contributed by atoms with E-state index in [0.29, 0.717) is 44.1 Å². The lowest BCUT2D eigenvalue weighted by molar-refractivity contribution is -0.0396. The van der Waals surface area contributed by atoms with E-state index in [4.69, 9.17) is 20.9 Å². The van der Waals surface area contributed by atoms with Gasteiger partial charge in [-0.05, 0) is 68.8 Å². The Kier molecular flexibility index (Phi) is 7.77. The Hall–Kier alpha value is -4.31. The van der Waals surface area contributed by atoms with Crippen molar-refractivity contribution in [2.75, 3.05) is 71.5 Å². The number of pyridine rings is 1. The molecule has 3 saturated heterocycles. The predicted octanol–water partition coefficient (Wildman–Crippen LogP) is 4.13. The molecule has 0 unspecified atom stereocenters. The van der Waals surface area contributed by atoms with Crippen molar-refractivity contribution >= 4 is 27.5 Å². The third-order valence-electron chi connectivity index (χ3n) is 10.9. The summed E-state index contributed by atoms with van der Waals surface area (Å²) < 4.78 is 45.7. The van der Waals surface area contributed by atoms with Crippen molar-refractivity contribution in [3.63, 3.8) is 0 Å². The normalized spacial score (nSPS) is 19.6. The molecule has 4 aromatic rings. The van der Waals surface area contributed by atoms with Crippen LogP contribution in [0.3, 0.4) is 0 Å². The Bertz CT molecular complexity index is 2070. The fourth-order valence-corrected chi connectivity index (χ4v) is 7.82. The number of aromatic hydroxyl groups is 1. The van der Waals surface area contributed by atoms with Crippen molar-refractivity contribution in [1.82, 2.24) is 24.8 Å². The molecule has 0 amide bonds. The van der Waals surface area contributed by atoms with E-state index in [9.17, 15) is 9.90 Å². The zero-order chi connectivity index (χ0) is 34.1. The second-order valence-corrected chi connectivity index (χ2v) is 14.8. The number of terminal acetylenes is 1. The average Bonchev–Trinajstić information content (AvgIpc) is 3.81. The van der Waals surface area contributed by atoms with E-state index >= 15 is 8.78 Å². The quantitative estimate of drug-likeness (QED) is 0.255. The highest BCUT2D eigenvalue weighted by Gasteiger charge is 2.44. The number of nitrogens with zero attached hydrogens (tertiary/aromatic N) is 5. The number of fused-ring (bicyclic) bond motifs is 2. The maximum absolute atomic E-state index is 17.5. The fraction of sp³-hybridized carbons (Fsp3) is 0.486. The lowest BCUT2D eigenvalue weighted by atomic mass is 9.73. The second kappa shape index (κ2) is 11.9. The summed E-state index contributed by atoms with van der Waals surface area (Å²) in [6, 6.07) is 5.46. The van der Waals surface area contributed by atoms with Gasteiger partial charge in [-0.15, -0.1) is 6.42 Å². The van der Waals surface area contributed by atoms with E-state index in [2.05, 4.69) is 26.0 Å². The third kappa shape index (κ3) is 5.58. The molecule has 0 bridgehead atoms. The zero-order valence-corrected chi connectivity index (χ0v) is 27.8. The van der Waals surface area contributed by atoms with Crippen LogP contribution in [-0.2, 0) is 11.3 Å². The summed E-state index contributed by atoms with van der Waals surface area (Å²) in [4.78, 5) is 28.4. The molecule has 4 fully saturated rings. The highest BCUT2D eigenvalue weighted by Crippen LogP contribution is 2.46. The molecule has 49 heavy (non-hydrogen) atoms. The molecule has 3 aliphatic heterocycles. The Balaban J connectivity index is 1.35. The number of ether oxygens (including phenoxy) is 2. The van der Waals surface area contributed by atoms with Crippen molar-refractivity contribution in [1.29, 1.82) is 0 Å². The second-order valence-electron chi connectivity index (χ2n) is 14.8. The molecular weight excluding hydrogens is 630 g/mol. The minimum Gasteiger partial charge on any atom is -0.508 e. The summed E-state index contributed by atoms with van der Waals surface area (Å²) in [5.74, 6) is 1.05. The lowest BCUT2D eigenvalue weighted by Gasteiger charge is -2.48. The first kappa shape index (κ1) is 31.9. The van der Waals surface area contributed by atoms with Crippen LogP contribution in [-0.4, -0.2) is 91.2 Å². The number of hydrogen-bond donors (Lipinski definition) is 2. The standard InChI is InChI=1S/C37H40F2N6O4/c1-4-25-27(38)6-5-23-13-24(46)14-26(28(23)25)32-30(39)31-29(34(47)45(32)15-22-16-48-17-22)33(44-11-9-36(10-12-44)18-40-19-36)42-35(41-31)49-21-37(7-8-37)20-43(2)3/h1,5-6,13-14,22,40,46H,7-12,15-21H2,2-3H3. The van der Waals surface area contributed by atoms with Gasteiger partial charge < -0.3 is 34.3 Å². The van der Waals surface area contributed by atoms with Crippen LogP contribution in [0, 0.1) is 40.7 Å². The number of benzene rings is 2.